The largest absolute Gasteiger partial charge is 0.389 e. The number of likely N-dealkylation sites (N-methyl/N-ethyl adjacent to an activating group) is 1. The van der Waals surface area contributed by atoms with Crippen LogP contribution in [-0.2, 0) is 4.74 Å². The molecule has 21 heavy (non-hydrogen) atoms. The van der Waals surface area contributed by atoms with E-state index in [4.69, 9.17) is 22.7 Å². The van der Waals surface area contributed by atoms with Crippen molar-refractivity contribution in [2.75, 3.05) is 32.8 Å². The van der Waals surface area contributed by atoms with Gasteiger partial charge in [-0.1, -0.05) is 19.1 Å². The molecule has 2 heterocycles. The van der Waals surface area contributed by atoms with Gasteiger partial charge in [0.15, 0.2) is 0 Å². The van der Waals surface area contributed by atoms with Crippen LogP contribution in [-0.4, -0.2) is 59.7 Å². The quantitative estimate of drug-likeness (QED) is 0.755. The van der Waals surface area contributed by atoms with Gasteiger partial charge in [0.1, 0.15) is 10.7 Å². The van der Waals surface area contributed by atoms with Crippen molar-refractivity contribution in [1.82, 2.24) is 15.2 Å². The van der Waals surface area contributed by atoms with Crippen LogP contribution in [0.1, 0.15) is 23.0 Å². The number of nitrogens with zero attached hydrogens (tertiary/aromatic N) is 2. The van der Waals surface area contributed by atoms with E-state index in [1.54, 1.807) is 12.1 Å². The fourth-order valence-corrected chi connectivity index (χ4v) is 2.28. The molecular weight excluding hydrogens is 288 g/mol. The molecule has 0 aromatic carbocycles. The van der Waals surface area contributed by atoms with E-state index in [0.29, 0.717) is 24.4 Å². The zero-order valence-corrected chi connectivity index (χ0v) is 12.9. The summed E-state index contributed by atoms with van der Waals surface area (Å²) in [7, 11) is 0. The molecule has 1 aromatic heterocycles. The van der Waals surface area contributed by atoms with Crippen LogP contribution in [0.15, 0.2) is 18.3 Å². The first-order valence-corrected chi connectivity index (χ1v) is 7.39. The zero-order valence-electron chi connectivity index (χ0n) is 12.0. The van der Waals surface area contributed by atoms with Gasteiger partial charge in [-0.25, -0.2) is 0 Å². The number of ether oxygens (including phenoxy) is 1. The lowest BCUT2D eigenvalue weighted by molar-refractivity contribution is -0.0246. The summed E-state index contributed by atoms with van der Waals surface area (Å²) in [5, 5.41) is 2.84. The van der Waals surface area contributed by atoms with Gasteiger partial charge in [0.05, 0.1) is 12.7 Å². The molecule has 7 heteroatoms. The average molecular weight is 308 g/mol. The molecule has 0 bridgehead atoms. The summed E-state index contributed by atoms with van der Waals surface area (Å²) in [6.07, 6.45) is 1.53. The second-order valence-electron chi connectivity index (χ2n) is 4.89. The van der Waals surface area contributed by atoms with E-state index in [1.807, 2.05) is 0 Å². The van der Waals surface area contributed by atoms with Gasteiger partial charge < -0.3 is 15.8 Å². The highest BCUT2D eigenvalue weighted by Crippen LogP contribution is 2.05. The third-order valence-corrected chi connectivity index (χ3v) is 3.68. The normalized spacial score (nSPS) is 19.2. The van der Waals surface area contributed by atoms with Crippen molar-refractivity contribution in [3.63, 3.8) is 0 Å². The van der Waals surface area contributed by atoms with Gasteiger partial charge in [-0.15, -0.1) is 0 Å². The predicted molar refractivity (Wildman–Crippen MR) is 84.3 cm³/mol. The van der Waals surface area contributed by atoms with E-state index in [2.05, 4.69) is 22.1 Å². The van der Waals surface area contributed by atoms with Crippen LogP contribution in [0.2, 0.25) is 0 Å². The highest BCUT2D eigenvalue weighted by molar-refractivity contribution is 7.80. The van der Waals surface area contributed by atoms with Gasteiger partial charge in [-0.3, -0.25) is 14.7 Å². The maximum atomic E-state index is 12.0. The monoisotopic (exact) mass is 308 g/mol. The van der Waals surface area contributed by atoms with E-state index in [9.17, 15) is 4.79 Å². The molecule has 3 N–H and O–H groups in total. The molecule has 0 spiro atoms. The van der Waals surface area contributed by atoms with E-state index in [0.717, 1.165) is 19.6 Å². The van der Waals surface area contributed by atoms with Crippen LogP contribution in [0.25, 0.3) is 0 Å². The molecule has 1 aromatic rings. The standard InChI is InChI=1S/C14H20N4O2S/c1-2-18-5-6-20-11(9-18)8-17-14(19)12-4-3-10(7-16-12)13(15)21/h3-4,7,11H,2,5-6,8-9H2,1H3,(H2,15,21)(H,17,19). The predicted octanol–water partition coefficient (Wildman–Crippen LogP) is 0.166. The lowest BCUT2D eigenvalue weighted by Crippen LogP contribution is -2.47. The van der Waals surface area contributed by atoms with E-state index >= 15 is 0 Å². The van der Waals surface area contributed by atoms with Crippen LogP contribution >= 0.6 is 12.2 Å². The third-order valence-electron chi connectivity index (χ3n) is 3.44. The Morgan fingerprint density at radius 1 is 1.62 bits per heavy atom. The summed E-state index contributed by atoms with van der Waals surface area (Å²) in [6.45, 7) is 6.08. The highest BCUT2D eigenvalue weighted by atomic mass is 32.1. The summed E-state index contributed by atoms with van der Waals surface area (Å²) in [5.41, 5.74) is 6.49. The van der Waals surface area contributed by atoms with E-state index in [1.165, 1.54) is 6.20 Å². The Hall–Kier alpha value is -1.57. The number of nitrogens with two attached hydrogens (primary N) is 1. The Morgan fingerprint density at radius 3 is 3.05 bits per heavy atom. The van der Waals surface area contributed by atoms with Crippen molar-refractivity contribution in [2.24, 2.45) is 5.73 Å². The fraction of sp³-hybridized carbons (Fsp3) is 0.500. The zero-order chi connectivity index (χ0) is 15.2. The number of pyridine rings is 1. The first kappa shape index (κ1) is 15.8. The van der Waals surface area contributed by atoms with Crippen LogP contribution < -0.4 is 11.1 Å². The maximum absolute atomic E-state index is 12.0. The molecule has 1 amide bonds. The first-order chi connectivity index (χ1) is 10.1. The minimum Gasteiger partial charge on any atom is -0.389 e. The summed E-state index contributed by atoms with van der Waals surface area (Å²) in [6, 6.07) is 3.31. The van der Waals surface area contributed by atoms with Gasteiger partial charge in [0.25, 0.3) is 5.91 Å². The first-order valence-electron chi connectivity index (χ1n) is 6.98. The van der Waals surface area contributed by atoms with Crippen molar-refractivity contribution in [3.05, 3.63) is 29.6 Å². The van der Waals surface area contributed by atoms with Crippen molar-refractivity contribution in [3.8, 4) is 0 Å². The third kappa shape index (κ3) is 4.45. The number of nitrogens with one attached hydrogen (secondary N) is 1. The Labute approximate surface area is 129 Å². The summed E-state index contributed by atoms with van der Waals surface area (Å²) in [5.74, 6) is -0.221. The van der Waals surface area contributed by atoms with Crippen molar-refractivity contribution in [1.29, 1.82) is 0 Å². The molecule has 1 aliphatic rings. The molecule has 0 saturated carbocycles. The number of morpholine rings is 1. The smallest absolute Gasteiger partial charge is 0.269 e. The molecule has 1 fully saturated rings. The molecule has 0 aliphatic carbocycles. The Bertz CT molecular complexity index is 506. The molecule has 1 unspecified atom stereocenters. The second kappa shape index (κ2) is 7.44. The Kier molecular flexibility index (Phi) is 5.60. The van der Waals surface area contributed by atoms with Crippen molar-refractivity contribution in [2.45, 2.75) is 13.0 Å². The number of carbonyl (C=O) groups is 1. The molecule has 1 saturated heterocycles. The Balaban J connectivity index is 1.85. The molecule has 0 radical (unpaired) electrons. The minimum atomic E-state index is -0.221. The van der Waals surface area contributed by atoms with Gasteiger partial charge >= 0.3 is 0 Å². The molecule has 6 nitrogen and oxygen atoms in total. The maximum Gasteiger partial charge on any atom is 0.269 e. The molecular formula is C14H20N4O2S. The lowest BCUT2D eigenvalue weighted by Gasteiger charge is -2.32. The van der Waals surface area contributed by atoms with Crippen LogP contribution in [0.3, 0.4) is 0 Å². The SMILES string of the molecule is CCN1CCOC(CNC(=O)c2ccc(C(N)=S)cn2)C1. The fourth-order valence-electron chi connectivity index (χ4n) is 2.16. The highest BCUT2D eigenvalue weighted by Gasteiger charge is 2.20. The number of hydrogen-bond donors (Lipinski definition) is 2. The number of aromatic nitrogens is 1. The number of amides is 1. The summed E-state index contributed by atoms with van der Waals surface area (Å²) >= 11 is 4.85. The number of rotatable bonds is 5. The number of hydrogen-bond acceptors (Lipinski definition) is 5. The van der Waals surface area contributed by atoms with Gasteiger partial charge in [-0.2, -0.15) is 0 Å². The topological polar surface area (TPSA) is 80.5 Å². The molecule has 114 valence electrons. The average Bonchev–Trinajstić information content (AvgIpc) is 2.53. The minimum absolute atomic E-state index is 0.0264. The number of thiocarbonyl (C=S) groups is 1. The van der Waals surface area contributed by atoms with Crippen LogP contribution in [0.4, 0.5) is 0 Å². The Morgan fingerprint density at radius 2 is 2.43 bits per heavy atom. The van der Waals surface area contributed by atoms with Gasteiger partial charge in [0.2, 0.25) is 0 Å². The number of carbonyl (C=O) groups excluding carboxylic acids is 1. The summed E-state index contributed by atoms with van der Waals surface area (Å²) < 4.78 is 5.64. The lowest BCUT2D eigenvalue weighted by atomic mass is 10.2. The van der Waals surface area contributed by atoms with E-state index in [-0.39, 0.29) is 17.0 Å². The van der Waals surface area contributed by atoms with Crippen LogP contribution in [0.5, 0.6) is 0 Å². The van der Waals surface area contributed by atoms with E-state index < -0.39 is 0 Å². The van der Waals surface area contributed by atoms with Crippen molar-refractivity contribution < 1.29 is 9.53 Å². The van der Waals surface area contributed by atoms with Crippen LogP contribution in [0, 0.1) is 0 Å². The summed E-state index contributed by atoms with van der Waals surface area (Å²) in [4.78, 5) is 18.6. The molecule has 1 atom stereocenters. The second-order valence-corrected chi connectivity index (χ2v) is 5.33. The van der Waals surface area contributed by atoms with Gasteiger partial charge in [-0.05, 0) is 18.7 Å². The van der Waals surface area contributed by atoms with Crippen molar-refractivity contribution >= 4 is 23.1 Å². The molecule has 1 aliphatic heterocycles. The van der Waals surface area contributed by atoms with Gasteiger partial charge in [0, 0.05) is 31.4 Å². The molecule has 2 rings (SSSR count).